The van der Waals surface area contributed by atoms with E-state index in [4.69, 9.17) is 0 Å². The summed E-state index contributed by atoms with van der Waals surface area (Å²) in [5.74, 6) is 0.364. The first-order chi connectivity index (χ1) is 6.34. The Kier molecular flexibility index (Phi) is 3.20. The molecule has 1 aliphatic heterocycles. The lowest BCUT2D eigenvalue weighted by atomic mass is 9.96. The molecule has 1 amide bonds. The van der Waals surface area contributed by atoms with Gasteiger partial charge in [0, 0.05) is 30.6 Å². The van der Waals surface area contributed by atoms with Crippen LogP contribution in [0, 0.1) is 5.92 Å². The second-order valence-electron chi connectivity index (χ2n) is 5.20. The Morgan fingerprint density at radius 2 is 2.07 bits per heavy atom. The zero-order valence-electron chi connectivity index (χ0n) is 9.92. The highest BCUT2D eigenvalue weighted by Crippen LogP contribution is 2.20. The predicted octanol–water partition coefficient (Wildman–Crippen LogP) is 1.24. The molecule has 1 saturated heterocycles. The van der Waals surface area contributed by atoms with Crippen LogP contribution in [-0.2, 0) is 4.79 Å². The van der Waals surface area contributed by atoms with E-state index >= 15 is 0 Å². The summed E-state index contributed by atoms with van der Waals surface area (Å²) in [7, 11) is 0. The van der Waals surface area contributed by atoms with Gasteiger partial charge in [0.15, 0.2) is 0 Å². The summed E-state index contributed by atoms with van der Waals surface area (Å²) < 4.78 is 0. The van der Waals surface area contributed by atoms with Crippen molar-refractivity contribution in [2.75, 3.05) is 13.1 Å². The average Bonchev–Trinajstić information content (AvgIpc) is 2.08. The molecule has 1 heterocycles. The van der Waals surface area contributed by atoms with Gasteiger partial charge in [0.25, 0.3) is 0 Å². The highest BCUT2D eigenvalue weighted by atomic mass is 16.2. The van der Waals surface area contributed by atoms with Crippen molar-refractivity contribution in [3.8, 4) is 0 Å². The predicted molar refractivity (Wildman–Crippen MR) is 58.1 cm³/mol. The lowest BCUT2D eigenvalue weighted by Gasteiger charge is -2.46. The van der Waals surface area contributed by atoms with Crippen LogP contribution >= 0.6 is 0 Å². The van der Waals surface area contributed by atoms with Crippen LogP contribution in [0.25, 0.3) is 0 Å². The molecule has 1 atom stereocenters. The molecule has 1 fully saturated rings. The van der Waals surface area contributed by atoms with Gasteiger partial charge in [-0.2, -0.15) is 0 Å². The molecule has 3 nitrogen and oxygen atoms in total. The van der Waals surface area contributed by atoms with Crippen molar-refractivity contribution >= 4 is 5.91 Å². The minimum absolute atomic E-state index is 0.0478. The molecular weight excluding hydrogens is 176 g/mol. The Bertz CT molecular complexity index is 223. The van der Waals surface area contributed by atoms with Crippen LogP contribution < -0.4 is 5.32 Å². The fraction of sp³-hybridized carbons (Fsp3) is 0.909. The molecule has 1 N–H and O–H groups in total. The topological polar surface area (TPSA) is 32.3 Å². The maximum Gasteiger partial charge on any atom is 0.225 e. The number of nitrogens with zero attached hydrogens (tertiary/aromatic N) is 1. The Labute approximate surface area is 86.9 Å². The monoisotopic (exact) mass is 198 g/mol. The summed E-state index contributed by atoms with van der Waals surface area (Å²) in [5, 5.41) is 3.40. The highest BCUT2D eigenvalue weighted by molar-refractivity contribution is 5.79. The van der Waals surface area contributed by atoms with E-state index in [-0.39, 0.29) is 17.4 Å². The normalized spacial score (nSPS) is 26.7. The molecule has 3 heteroatoms. The number of rotatable bonds is 1. The van der Waals surface area contributed by atoms with Crippen LogP contribution in [0.2, 0.25) is 0 Å². The first-order valence-corrected chi connectivity index (χ1v) is 5.39. The van der Waals surface area contributed by atoms with E-state index in [1.807, 2.05) is 18.7 Å². The molecule has 0 aromatic carbocycles. The fourth-order valence-electron chi connectivity index (χ4n) is 1.80. The van der Waals surface area contributed by atoms with E-state index in [0.29, 0.717) is 6.04 Å². The largest absolute Gasteiger partial charge is 0.335 e. The lowest BCUT2D eigenvalue weighted by Crippen LogP contribution is -2.63. The number of carbonyl (C=O) groups excluding carboxylic acids is 1. The second-order valence-corrected chi connectivity index (χ2v) is 5.20. The van der Waals surface area contributed by atoms with Crippen LogP contribution in [0.5, 0.6) is 0 Å². The summed E-state index contributed by atoms with van der Waals surface area (Å²) in [6.07, 6.45) is 0. The summed E-state index contributed by atoms with van der Waals surface area (Å²) in [4.78, 5) is 14.0. The van der Waals surface area contributed by atoms with Crippen molar-refractivity contribution in [3.63, 3.8) is 0 Å². The molecule has 0 bridgehead atoms. The fourth-order valence-corrected chi connectivity index (χ4v) is 1.80. The van der Waals surface area contributed by atoms with Crippen LogP contribution in [0.3, 0.4) is 0 Å². The molecule has 82 valence electrons. The summed E-state index contributed by atoms with van der Waals surface area (Å²) in [6.45, 7) is 12.0. The van der Waals surface area contributed by atoms with Gasteiger partial charge in [0.2, 0.25) is 5.91 Å². The Morgan fingerprint density at radius 1 is 1.50 bits per heavy atom. The zero-order chi connectivity index (χ0) is 10.9. The number of hydrogen-bond acceptors (Lipinski definition) is 2. The van der Waals surface area contributed by atoms with Crippen molar-refractivity contribution < 1.29 is 4.79 Å². The van der Waals surface area contributed by atoms with Gasteiger partial charge in [0.1, 0.15) is 0 Å². The van der Waals surface area contributed by atoms with Gasteiger partial charge in [-0.25, -0.2) is 0 Å². The Hall–Kier alpha value is -0.570. The third kappa shape index (κ3) is 2.27. The third-order valence-electron chi connectivity index (χ3n) is 2.83. The Balaban J connectivity index is 2.77. The number of piperazine rings is 1. The standard InChI is InChI=1S/C11H22N2O/c1-8(2)10(14)13-6-9(3)12-7-11(13,4)5/h8-9,12H,6-7H2,1-5H3. The highest BCUT2D eigenvalue weighted by Gasteiger charge is 2.36. The van der Waals surface area contributed by atoms with E-state index in [9.17, 15) is 4.79 Å². The molecule has 0 radical (unpaired) electrons. The Morgan fingerprint density at radius 3 is 2.57 bits per heavy atom. The molecule has 0 saturated carbocycles. The summed E-state index contributed by atoms with van der Waals surface area (Å²) in [5.41, 5.74) is -0.0478. The number of hydrogen-bond donors (Lipinski definition) is 1. The van der Waals surface area contributed by atoms with Gasteiger partial charge >= 0.3 is 0 Å². The van der Waals surface area contributed by atoms with Crippen LogP contribution in [-0.4, -0.2) is 35.5 Å². The van der Waals surface area contributed by atoms with Gasteiger partial charge < -0.3 is 10.2 Å². The molecular formula is C11H22N2O. The van der Waals surface area contributed by atoms with Crippen LogP contribution in [0.1, 0.15) is 34.6 Å². The van der Waals surface area contributed by atoms with Crippen molar-refractivity contribution in [3.05, 3.63) is 0 Å². The molecule has 1 rings (SSSR count). The molecule has 14 heavy (non-hydrogen) atoms. The van der Waals surface area contributed by atoms with E-state index in [2.05, 4.69) is 26.1 Å². The van der Waals surface area contributed by atoms with Crippen LogP contribution in [0.15, 0.2) is 0 Å². The third-order valence-corrected chi connectivity index (χ3v) is 2.83. The van der Waals surface area contributed by atoms with Crippen molar-refractivity contribution in [1.29, 1.82) is 0 Å². The molecule has 0 spiro atoms. The van der Waals surface area contributed by atoms with Crippen molar-refractivity contribution in [2.45, 2.75) is 46.2 Å². The van der Waals surface area contributed by atoms with Crippen LogP contribution in [0.4, 0.5) is 0 Å². The number of nitrogens with one attached hydrogen (secondary N) is 1. The van der Waals surface area contributed by atoms with E-state index in [1.54, 1.807) is 0 Å². The first kappa shape index (κ1) is 11.5. The maximum atomic E-state index is 12.0. The maximum absolute atomic E-state index is 12.0. The molecule has 1 aliphatic rings. The van der Waals surface area contributed by atoms with Gasteiger partial charge in [-0.3, -0.25) is 4.79 Å². The molecule has 0 aromatic heterocycles. The first-order valence-electron chi connectivity index (χ1n) is 5.39. The smallest absolute Gasteiger partial charge is 0.225 e. The van der Waals surface area contributed by atoms with E-state index in [0.717, 1.165) is 13.1 Å². The lowest BCUT2D eigenvalue weighted by molar-refractivity contribution is -0.142. The zero-order valence-corrected chi connectivity index (χ0v) is 9.92. The number of amides is 1. The van der Waals surface area contributed by atoms with Gasteiger partial charge in [-0.1, -0.05) is 13.8 Å². The number of carbonyl (C=O) groups is 1. The second kappa shape index (κ2) is 3.89. The van der Waals surface area contributed by atoms with Gasteiger partial charge in [0.05, 0.1) is 0 Å². The molecule has 1 unspecified atom stereocenters. The van der Waals surface area contributed by atoms with Gasteiger partial charge in [-0.15, -0.1) is 0 Å². The minimum atomic E-state index is -0.0478. The van der Waals surface area contributed by atoms with Gasteiger partial charge in [-0.05, 0) is 20.8 Å². The molecule has 0 aromatic rings. The van der Waals surface area contributed by atoms with Crippen molar-refractivity contribution in [2.24, 2.45) is 5.92 Å². The summed E-state index contributed by atoms with van der Waals surface area (Å²) >= 11 is 0. The quantitative estimate of drug-likeness (QED) is 0.687. The van der Waals surface area contributed by atoms with E-state index < -0.39 is 0 Å². The summed E-state index contributed by atoms with van der Waals surface area (Å²) in [6, 6.07) is 0.408. The average molecular weight is 198 g/mol. The minimum Gasteiger partial charge on any atom is -0.335 e. The van der Waals surface area contributed by atoms with E-state index in [1.165, 1.54) is 0 Å². The SMILES string of the molecule is CC1CN(C(=O)C(C)C)C(C)(C)CN1. The molecule has 0 aliphatic carbocycles. The van der Waals surface area contributed by atoms with Crippen molar-refractivity contribution in [1.82, 2.24) is 10.2 Å².